The number of aliphatic imine (C=N–C) groups is 1. The van der Waals surface area contributed by atoms with Crippen LogP contribution in [-0.4, -0.2) is 44.9 Å². The Morgan fingerprint density at radius 3 is 2.56 bits per heavy atom. The van der Waals surface area contributed by atoms with Crippen molar-refractivity contribution >= 4 is 39.7 Å². The summed E-state index contributed by atoms with van der Waals surface area (Å²) in [6.07, 6.45) is 1.75. The maximum Gasteiger partial charge on any atom is 0.308 e. The molecule has 2 rings (SSSR count). The summed E-state index contributed by atoms with van der Waals surface area (Å²) in [6.45, 7) is 6.35. The first kappa shape index (κ1) is 26.3. The van der Waals surface area contributed by atoms with E-state index in [1.165, 1.54) is 0 Å². The number of hydrogen-bond donors (Lipinski definition) is 0. The van der Waals surface area contributed by atoms with Crippen molar-refractivity contribution in [3.63, 3.8) is 0 Å². The van der Waals surface area contributed by atoms with Crippen LogP contribution in [0.2, 0.25) is 5.02 Å². The third kappa shape index (κ3) is 9.28. The summed E-state index contributed by atoms with van der Waals surface area (Å²) in [7, 11) is 1.60. The zero-order valence-corrected chi connectivity index (χ0v) is 21.1. The van der Waals surface area contributed by atoms with Crippen molar-refractivity contribution in [2.75, 3.05) is 27.1 Å². The molecular weight excluding hydrogens is 498 g/mol. The minimum Gasteiger partial charge on any atom is -0.466 e. The number of methoxy groups -OCH3 is 1. The Kier molecular flexibility index (Phi) is 10.6. The third-order valence-corrected chi connectivity index (χ3v) is 4.90. The molecule has 0 N–H and O–H groups in total. The molecule has 32 heavy (non-hydrogen) atoms. The summed E-state index contributed by atoms with van der Waals surface area (Å²) in [4.78, 5) is 17.3. The van der Waals surface area contributed by atoms with Crippen molar-refractivity contribution < 1.29 is 23.7 Å². The van der Waals surface area contributed by atoms with E-state index >= 15 is 0 Å². The number of ether oxygens (including phenoxy) is 4. The van der Waals surface area contributed by atoms with Gasteiger partial charge in [-0.3, -0.25) is 9.79 Å². The fourth-order valence-corrected chi connectivity index (χ4v) is 3.73. The quantitative estimate of drug-likeness (QED) is 0.156. The Morgan fingerprint density at radius 2 is 1.91 bits per heavy atom. The van der Waals surface area contributed by atoms with E-state index in [4.69, 9.17) is 30.5 Å². The van der Waals surface area contributed by atoms with Crippen LogP contribution in [0.5, 0.6) is 5.75 Å². The summed E-state index contributed by atoms with van der Waals surface area (Å²) in [5.41, 5.74) is 0.958. The van der Waals surface area contributed by atoms with Gasteiger partial charge >= 0.3 is 5.97 Å². The number of carbonyl (C=O) groups excluding carboxylic acids is 1. The molecule has 0 spiro atoms. The number of benzene rings is 2. The fourth-order valence-electron chi connectivity index (χ4n) is 2.78. The predicted molar refractivity (Wildman–Crippen MR) is 130 cm³/mol. The molecule has 0 aromatic heterocycles. The lowest BCUT2D eigenvalue weighted by molar-refractivity contribution is -0.155. The SMILES string of the molecule is COCCOCOc1c(Br)cc(Cl)cc1C(CC(=O)OC(C)(C)C)N=Cc1ccccc1. The lowest BCUT2D eigenvalue weighted by atomic mass is 10.0. The van der Waals surface area contributed by atoms with Gasteiger partial charge in [0.1, 0.15) is 11.4 Å². The summed E-state index contributed by atoms with van der Waals surface area (Å²) < 4.78 is 22.5. The van der Waals surface area contributed by atoms with Crippen LogP contribution >= 0.6 is 27.5 Å². The first-order chi connectivity index (χ1) is 15.2. The van der Waals surface area contributed by atoms with Crippen molar-refractivity contribution in [2.45, 2.75) is 38.8 Å². The normalized spacial score (nSPS) is 12.7. The molecule has 0 heterocycles. The highest BCUT2D eigenvalue weighted by Gasteiger charge is 2.25. The van der Waals surface area contributed by atoms with Gasteiger partial charge in [-0.15, -0.1) is 0 Å². The van der Waals surface area contributed by atoms with Gasteiger partial charge in [0, 0.05) is 23.9 Å². The van der Waals surface area contributed by atoms with E-state index in [0.29, 0.717) is 34.0 Å². The highest BCUT2D eigenvalue weighted by Crippen LogP contribution is 2.39. The van der Waals surface area contributed by atoms with Crippen LogP contribution in [0.3, 0.4) is 0 Å². The van der Waals surface area contributed by atoms with E-state index in [1.807, 2.05) is 51.1 Å². The van der Waals surface area contributed by atoms with Crippen LogP contribution in [0.4, 0.5) is 0 Å². The van der Waals surface area contributed by atoms with Crippen molar-refractivity contribution in [1.29, 1.82) is 0 Å². The standard InChI is InChI=1S/C24H29BrClNO5/c1-24(2,3)32-22(28)14-21(27-15-17-8-6-5-7-9-17)19-12-18(26)13-20(25)23(19)31-16-30-11-10-29-4/h5-9,12-13,15,21H,10-11,14,16H2,1-4H3. The average Bonchev–Trinajstić information content (AvgIpc) is 2.71. The molecule has 0 radical (unpaired) electrons. The Labute approximate surface area is 203 Å². The van der Waals surface area contributed by atoms with Crippen LogP contribution in [-0.2, 0) is 19.0 Å². The number of rotatable bonds is 11. The topological polar surface area (TPSA) is 66.4 Å². The smallest absolute Gasteiger partial charge is 0.308 e. The number of carbonyl (C=O) groups is 1. The molecule has 0 saturated heterocycles. The Hall–Kier alpha value is -1.93. The molecular formula is C24H29BrClNO5. The van der Waals surface area contributed by atoms with Crippen molar-refractivity contribution in [2.24, 2.45) is 4.99 Å². The van der Waals surface area contributed by atoms with Crippen LogP contribution in [0.15, 0.2) is 51.9 Å². The number of nitrogens with zero attached hydrogens (tertiary/aromatic N) is 1. The molecule has 1 atom stereocenters. The minimum absolute atomic E-state index is 0.0121. The zero-order valence-electron chi connectivity index (χ0n) is 18.8. The second kappa shape index (κ2) is 12.9. The van der Waals surface area contributed by atoms with Gasteiger partial charge in [0.15, 0.2) is 6.79 Å². The molecule has 2 aromatic rings. The molecule has 2 aromatic carbocycles. The van der Waals surface area contributed by atoms with Gasteiger partial charge in [0.2, 0.25) is 0 Å². The summed E-state index contributed by atoms with van der Waals surface area (Å²) in [6, 6.07) is 12.5. The van der Waals surface area contributed by atoms with Crippen LogP contribution in [0, 0.1) is 0 Å². The number of esters is 1. The maximum absolute atomic E-state index is 12.6. The summed E-state index contributed by atoms with van der Waals surface area (Å²) in [5, 5.41) is 0.489. The van der Waals surface area contributed by atoms with Crippen LogP contribution < -0.4 is 4.74 Å². The Balaban J connectivity index is 2.35. The summed E-state index contributed by atoms with van der Waals surface area (Å²) >= 11 is 9.83. The first-order valence-corrected chi connectivity index (χ1v) is 11.3. The minimum atomic E-state index is -0.603. The van der Waals surface area contributed by atoms with E-state index < -0.39 is 11.6 Å². The molecule has 0 amide bonds. The van der Waals surface area contributed by atoms with Gasteiger partial charge in [0.05, 0.1) is 30.1 Å². The van der Waals surface area contributed by atoms with E-state index in [1.54, 1.807) is 25.5 Å². The van der Waals surface area contributed by atoms with Gasteiger partial charge in [0.25, 0.3) is 0 Å². The molecule has 174 valence electrons. The van der Waals surface area contributed by atoms with Crippen molar-refractivity contribution in [3.8, 4) is 5.75 Å². The lowest BCUT2D eigenvalue weighted by Crippen LogP contribution is -2.25. The molecule has 6 nitrogen and oxygen atoms in total. The highest BCUT2D eigenvalue weighted by molar-refractivity contribution is 9.10. The summed E-state index contributed by atoms with van der Waals surface area (Å²) in [5.74, 6) is 0.136. The lowest BCUT2D eigenvalue weighted by Gasteiger charge is -2.22. The molecule has 0 fully saturated rings. The van der Waals surface area contributed by atoms with Crippen LogP contribution in [0.1, 0.15) is 44.4 Å². The fraction of sp³-hybridized carbons (Fsp3) is 0.417. The number of hydrogen-bond acceptors (Lipinski definition) is 6. The van der Waals surface area contributed by atoms with Gasteiger partial charge < -0.3 is 18.9 Å². The maximum atomic E-state index is 12.6. The van der Waals surface area contributed by atoms with Crippen LogP contribution in [0.25, 0.3) is 0 Å². The molecule has 0 aliphatic heterocycles. The molecule has 1 unspecified atom stereocenters. The van der Waals surface area contributed by atoms with Gasteiger partial charge in [-0.25, -0.2) is 0 Å². The van der Waals surface area contributed by atoms with Gasteiger partial charge in [-0.05, 0) is 54.4 Å². The third-order valence-electron chi connectivity index (χ3n) is 4.10. The Morgan fingerprint density at radius 1 is 1.19 bits per heavy atom. The average molecular weight is 527 g/mol. The monoisotopic (exact) mass is 525 g/mol. The van der Waals surface area contributed by atoms with E-state index in [0.717, 1.165) is 5.56 Å². The first-order valence-electron chi connectivity index (χ1n) is 10.2. The molecule has 0 aliphatic carbocycles. The molecule has 0 aliphatic rings. The van der Waals surface area contributed by atoms with E-state index in [2.05, 4.69) is 20.9 Å². The van der Waals surface area contributed by atoms with E-state index in [9.17, 15) is 4.79 Å². The largest absolute Gasteiger partial charge is 0.466 e. The van der Waals surface area contributed by atoms with Gasteiger partial charge in [-0.1, -0.05) is 41.9 Å². The van der Waals surface area contributed by atoms with Crippen molar-refractivity contribution in [1.82, 2.24) is 0 Å². The second-order valence-corrected chi connectivity index (χ2v) is 9.26. The number of halogens is 2. The van der Waals surface area contributed by atoms with E-state index in [-0.39, 0.29) is 19.2 Å². The second-order valence-electron chi connectivity index (χ2n) is 7.96. The van der Waals surface area contributed by atoms with Gasteiger partial charge in [-0.2, -0.15) is 0 Å². The predicted octanol–water partition coefficient (Wildman–Crippen LogP) is 5.99. The zero-order chi connectivity index (χ0) is 23.6. The molecule has 0 saturated carbocycles. The molecule has 8 heteroatoms. The van der Waals surface area contributed by atoms with Crippen molar-refractivity contribution in [3.05, 3.63) is 63.1 Å². The molecule has 0 bridgehead atoms. The Bertz CT molecular complexity index is 899. The highest BCUT2D eigenvalue weighted by atomic mass is 79.9.